The van der Waals surface area contributed by atoms with Crippen molar-refractivity contribution in [3.05, 3.63) is 53.6 Å². The van der Waals surface area contributed by atoms with Crippen LogP contribution in [0.25, 0.3) is 11.1 Å². The summed E-state index contributed by atoms with van der Waals surface area (Å²) < 4.78 is 0. The number of hydrogen-bond acceptors (Lipinski definition) is 1. The predicted molar refractivity (Wildman–Crippen MR) is 82.8 cm³/mol. The number of benzene rings is 2. The molecule has 0 spiro atoms. The molecule has 102 valence electrons. The van der Waals surface area contributed by atoms with Crippen LogP contribution >= 0.6 is 0 Å². The molecule has 1 atom stereocenters. The van der Waals surface area contributed by atoms with Crippen LogP contribution in [0.2, 0.25) is 0 Å². The summed E-state index contributed by atoms with van der Waals surface area (Å²) in [5.41, 5.74) is 6.19. The van der Waals surface area contributed by atoms with Gasteiger partial charge in [-0.2, -0.15) is 0 Å². The van der Waals surface area contributed by atoms with E-state index in [1.807, 2.05) is 19.9 Å². The minimum atomic E-state index is 0.0560. The molecule has 2 aromatic rings. The molecule has 2 heteroatoms. The zero-order chi connectivity index (χ0) is 14.1. The third kappa shape index (κ3) is 2.22. The Kier molecular flexibility index (Phi) is 3.31. The monoisotopic (exact) mass is 265 g/mol. The molecule has 2 aromatic carbocycles. The smallest absolute Gasteiger partial charge is 0.227 e. The number of rotatable bonds is 3. The maximum Gasteiger partial charge on any atom is 0.227 e. The fourth-order valence-electron chi connectivity index (χ4n) is 2.67. The fraction of sp³-hybridized carbons (Fsp3) is 0.278. The maximum atomic E-state index is 12.0. The standard InChI is InChI=1S/C18H19NO/c1-3-12(2)18(20)19-15-8-9-17-14(11-15)10-13-6-4-5-7-16(13)17/h4-9,11-12H,3,10H2,1-2H3,(H,19,20). The molecule has 0 radical (unpaired) electrons. The molecule has 0 bridgehead atoms. The summed E-state index contributed by atoms with van der Waals surface area (Å²) in [6.07, 6.45) is 1.82. The number of hydrogen-bond donors (Lipinski definition) is 1. The second kappa shape index (κ2) is 5.12. The largest absolute Gasteiger partial charge is 0.326 e. The van der Waals surface area contributed by atoms with E-state index in [9.17, 15) is 4.79 Å². The van der Waals surface area contributed by atoms with E-state index in [-0.39, 0.29) is 11.8 Å². The van der Waals surface area contributed by atoms with Gasteiger partial charge in [0.25, 0.3) is 0 Å². The van der Waals surface area contributed by atoms with Crippen molar-refractivity contribution < 1.29 is 4.79 Å². The predicted octanol–water partition coefficient (Wildman–Crippen LogP) is 4.24. The lowest BCUT2D eigenvalue weighted by Crippen LogP contribution is -2.19. The van der Waals surface area contributed by atoms with Gasteiger partial charge in [0.2, 0.25) is 5.91 Å². The van der Waals surface area contributed by atoms with Crippen molar-refractivity contribution >= 4 is 11.6 Å². The molecule has 2 nitrogen and oxygen atoms in total. The van der Waals surface area contributed by atoms with Crippen molar-refractivity contribution in [1.29, 1.82) is 0 Å². The van der Waals surface area contributed by atoms with Gasteiger partial charge in [-0.1, -0.05) is 44.2 Å². The first-order valence-corrected chi connectivity index (χ1v) is 7.21. The van der Waals surface area contributed by atoms with Crippen molar-refractivity contribution in [3.8, 4) is 11.1 Å². The summed E-state index contributed by atoms with van der Waals surface area (Å²) in [6, 6.07) is 14.7. The second-order valence-corrected chi connectivity index (χ2v) is 5.50. The van der Waals surface area contributed by atoms with Gasteiger partial charge in [-0.3, -0.25) is 4.79 Å². The second-order valence-electron chi connectivity index (χ2n) is 5.50. The Morgan fingerprint density at radius 1 is 1.15 bits per heavy atom. The highest BCUT2D eigenvalue weighted by Gasteiger charge is 2.18. The fourth-order valence-corrected chi connectivity index (χ4v) is 2.67. The first-order chi connectivity index (χ1) is 9.69. The summed E-state index contributed by atoms with van der Waals surface area (Å²) in [5.74, 6) is 0.156. The van der Waals surface area contributed by atoms with Gasteiger partial charge in [0.05, 0.1) is 0 Å². The first kappa shape index (κ1) is 12.9. The summed E-state index contributed by atoms with van der Waals surface area (Å²) in [7, 11) is 0. The Balaban J connectivity index is 1.86. The third-order valence-electron chi connectivity index (χ3n) is 4.12. The van der Waals surface area contributed by atoms with Crippen LogP contribution in [0.5, 0.6) is 0 Å². The van der Waals surface area contributed by atoms with Crippen molar-refractivity contribution in [2.24, 2.45) is 5.92 Å². The number of carbonyl (C=O) groups excluding carboxylic acids is 1. The minimum Gasteiger partial charge on any atom is -0.326 e. The summed E-state index contributed by atoms with van der Waals surface area (Å²) in [5, 5.41) is 3.01. The van der Waals surface area contributed by atoms with Gasteiger partial charge in [-0.05, 0) is 47.2 Å². The molecule has 0 fully saturated rings. The lowest BCUT2D eigenvalue weighted by atomic mass is 10.0. The van der Waals surface area contributed by atoms with Gasteiger partial charge < -0.3 is 5.32 Å². The van der Waals surface area contributed by atoms with Crippen LogP contribution in [0.4, 0.5) is 5.69 Å². The van der Waals surface area contributed by atoms with Gasteiger partial charge in [-0.15, -0.1) is 0 Å². The van der Waals surface area contributed by atoms with Crippen LogP contribution in [-0.2, 0) is 11.2 Å². The van der Waals surface area contributed by atoms with Crippen LogP contribution in [-0.4, -0.2) is 5.91 Å². The van der Waals surface area contributed by atoms with Gasteiger partial charge in [0.15, 0.2) is 0 Å². The van der Waals surface area contributed by atoms with Gasteiger partial charge >= 0.3 is 0 Å². The SMILES string of the molecule is CCC(C)C(=O)Nc1ccc2c(c1)Cc1ccccc1-2. The highest BCUT2D eigenvalue weighted by Crippen LogP contribution is 2.37. The Labute approximate surface area is 119 Å². The molecule has 0 aliphatic heterocycles. The molecule has 0 saturated carbocycles. The van der Waals surface area contributed by atoms with Gasteiger partial charge in [-0.25, -0.2) is 0 Å². The molecule has 1 aliphatic rings. The molecular formula is C18H19NO. The van der Waals surface area contributed by atoms with Crippen molar-refractivity contribution in [2.75, 3.05) is 5.32 Å². The number of amides is 1. The summed E-state index contributed by atoms with van der Waals surface area (Å²) in [6.45, 7) is 3.99. The first-order valence-electron chi connectivity index (χ1n) is 7.21. The molecule has 1 aliphatic carbocycles. The van der Waals surface area contributed by atoms with Crippen molar-refractivity contribution in [3.63, 3.8) is 0 Å². The lowest BCUT2D eigenvalue weighted by molar-refractivity contribution is -0.119. The van der Waals surface area contributed by atoms with E-state index < -0.39 is 0 Å². The summed E-state index contributed by atoms with van der Waals surface area (Å²) >= 11 is 0. The van der Waals surface area contributed by atoms with E-state index in [1.165, 1.54) is 22.3 Å². The van der Waals surface area contributed by atoms with Crippen LogP contribution in [0, 0.1) is 5.92 Å². The number of nitrogens with one attached hydrogen (secondary N) is 1. The number of fused-ring (bicyclic) bond motifs is 3. The zero-order valence-corrected chi connectivity index (χ0v) is 11.9. The molecule has 0 heterocycles. The topological polar surface area (TPSA) is 29.1 Å². The van der Waals surface area contributed by atoms with E-state index in [0.717, 1.165) is 18.5 Å². The average molecular weight is 265 g/mol. The molecule has 3 rings (SSSR count). The van der Waals surface area contributed by atoms with Gasteiger partial charge in [0.1, 0.15) is 0 Å². The molecule has 1 N–H and O–H groups in total. The van der Waals surface area contributed by atoms with Crippen LogP contribution in [0.15, 0.2) is 42.5 Å². The highest BCUT2D eigenvalue weighted by atomic mass is 16.1. The quantitative estimate of drug-likeness (QED) is 0.754. The molecule has 0 saturated heterocycles. The van der Waals surface area contributed by atoms with Crippen LogP contribution < -0.4 is 5.32 Å². The van der Waals surface area contributed by atoms with E-state index in [2.05, 4.69) is 41.7 Å². The van der Waals surface area contributed by atoms with Crippen molar-refractivity contribution in [2.45, 2.75) is 26.7 Å². The van der Waals surface area contributed by atoms with Crippen LogP contribution in [0.1, 0.15) is 31.4 Å². The van der Waals surface area contributed by atoms with E-state index in [1.54, 1.807) is 0 Å². The molecular weight excluding hydrogens is 246 g/mol. The third-order valence-corrected chi connectivity index (χ3v) is 4.12. The van der Waals surface area contributed by atoms with Crippen molar-refractivity contribution in [1.82, 2.24) is 0 Å². The van der Waals surface area contributed by atoms with E-state index in [0.29, 0.717) is 0 Å². The van der Waals surface area contributed by atoms with Crippen LogP contribution in [0.3, 0.4) is 0 Å². The van der Waals surface area contributed by atoms with Gasteiger partial charge in [0, 0.05) is 11.6 Å². The molecule has 20 heavy (non-hydrogen) atoms. The molecule has 1 amide bonds. The highest BCUT2D eigenvalue weighted by molar-refractivity contribution is 5.93. The normalized spacial score (nSPS) is 13.5. The zero-order valence-electron chi connectivity index (χ0n) is 11.9. The molecule has 1 unspecified atom stereocenters. The minimum absolute atomic E-state index is 0.0560. The average Bonchev–Trinajstić information content (AvgIpc) is 2.83. The van der Waals surface area contributed by atoms with E-state index >= 15 is 0 Å². The maximum absolute atomic E-state index is 12.0. The molecule has 0 aromatic heterocycles. The lowest BCUT2D eigenvalue weighted by Gasteiger charge is -2.11. The van der Waals surface area contributed by atoms with E-state index in [4.69, 9.17) is 0 Å². The Hall–Kier alpha value is -2.09. The Bertz CT molecular complexity index is 660. The number of anilines is 1. The number of carbonyl (C=O) groups is 1. The Morgan fingerprint density at radius 3 is 2.70 bits per heavy atom. The summed E-state index contributed by atoms with van der Waals surface area (Å²) in [4.78, 5) is 12.0. The Morgan fingerprint density at radius 2 is 1.90 bits per heavy atom.